The summed E-state index contributed by atoms with van der Waals surface area (Å²) < 4.78 is -0.740. The fraction of sp³-hybridized carbons (Fsp3) is 0.933. The van der Waals surface area contributed by atoms with Gasteiger partial charge in [-0.15, -0.1) is 23.5 Å². The topological polar surface area (TPSA) is 49.3 Å². The molecule has 0 aliphatic carbocycles. The molecule has 0 spiro atoms. The molecule has 0 aromatic heterocycles. The summed E-state index contributed by atoms with van der Waals surface area (Å²) in [6.45, 7) is 6.39. The molecule has 1 rings (SSSR count). The lowest BCUT2D eigenvalue weighted by Crippen LogP contribution is -2.40. The van der Waals surface area contributed by atoms with Crippen LogP contribution in [0.15, 0.2) is 0 Å². The molecular formula is C15H29NO2S4. The van der Waals surface area contributed by atoms with E-state index in [1.54, 1.807) is 23.5 Å². The smallest absolute Gasteiger partial charge is 0.225 e. The standard InChI is InChI=1S/C15H29NO2S4/c1-14(2,3)13(17)16-7-6-12-15(18,21-10-4-8-19)22-11-5-9-20-12/h12,18-19H,4-11H2,1-3H3,(H,16,17). The van der Waals surface area contributed by atoms with Gasteiger partial charge in [-0.05, 0) is 42.3 Å². The average molecular weight is 384 g/mol. The number of amides is 1. The Morgan fingerprint density at radius 1 is 1.45 bits per heavy atom. The summed E-state index contributed by atoms with van der Waals surface area (Å²) in [4.78, 5) is 11.9. The zero-order valence-electron chi connectivity index (χ0n) is 13.8. The molecule has 1 aliphatic rings. The Bertz CT molecular complexity index is 349. The minimum absolute atomic E-state index is 0.0741. The SMILES string of the molecule is CC(C)(C)C(=O)NCCC1SCCCSC1(O)SCCCS. The molecule has 0 bridgehead atoms. The molecule has 7 heteroatoms. The lowest BCUT2D eigenvalue weighted by molar-refractivity contribution is -0.128. The van der Waals surface area contributed by atoms with Gasteiger partial charge < -0.3 is 10.4 Å². The van der Waals surface area contributed by atoms with E-state index < -0.39 is 4.27 Å². The van der Waals surface area contributed by atoms with Crippen molar-refractivity contribution in [1.82, 2.24) is 5.32 Å². The van der Waals surface area contributed by atoms with Crippen LogP contribution >= 0.6 is 47.9 Å². The van der Waals surface area contributed by atoms with E-state index >= 15 is 0 Å². The number of aliphatic hydroxyl groups is 1. The minimum atomic E-state index is -0.740. The van der Waals surface area contributed by atoms with Gasteiger partial charge in [-0.1, -0.05) is 20.8 Å². The summed E-state index contributed by atoms with van der Waals surface area (Å²) in [6, 6.07) is 0. The third-order valence-corrected chi connectivity index (χ3v) is 8.52. The Hall–Kier alpha value is 0.830. The monoisotopic (exact) mass is 383 g/mol. The van der Waals surface area contributed by atoms with E-state index in [4.69, 9.17) is 0 Å². The molecule has 0 saturated carbocycles. The number of thiol groups is 1. The Labute approximate surface area is 153 Å². The van der Waals surface area contributed by atoms with E-state index in [0.717, 1.165) is 42.3 Å². The number of carbonyl (C=O) groups excluding carboxylic acids is 1. The van der Waals surface area contributed by atoms with Crippen LogP contribution in [-0.4, -0.2) is 50.1 Å². The molecule has 0 aromatic rings. The molecule has 2 N–H and O–H groups in total. The van der Waals surface area contributed by atoms with Crippen molar-refractivity contribution in [2.75, 3.05) is 29.6 Å². The van der Waals surface area contributed by atoms with Gasteiger partial charge in [0.25, 0.3) is 0 Å². The summed E-state index contributed by atoms with van der Waals surface area (Å²) in [5.74, 6) is 3.94. The Balaban J connectivity index is 2.53. The second-order valence-electron chi connectivity index (χ2n) is 6.41. The lowest BCUT2D eigenvalue weighted by atomic mass is 9.96. The van der Waals surface area contributed by atoms with Gasteiger partial charge in [-0.25, -0.2) is 0 Å². The van der Waals surface area contributed by atoms with Crippen molar-refractivity contribution in [2.45, 2.75) is 49.5 Å². The van der Waals surface area contributed by atoms with Crippen LogP contribution in [-0.2, 0) is 4.79 Å². The van der Waals surface area contributed by atoms with Crippen LogP contribution in [0.3, 0.4) is 0 Å². The van der Waals surface area contributed by atoms with Crippen LogP contribution in [0.2, 0.25) is 0 Å². The molecule has 1 amide bonds. The highest BCUT2D eigenvalue weighted by atomic mass is 32.2. The van der Waals surface area contributed by atoms with E-state index in [9.17, 15) is 9.90 Å². The quantitative estimate of drug-likeness (QED) is 0.357. The number of hydrogen-bond acceptors (Lipinski definition) is 6. The first kappa shape index (κ1) is 20.9. The predicted octanol–water partition coefficient (Wildman–Crippen LogP) is 3.48. The van der Waals surface area contributed by atoms with Crippen molar-refractivity contribution in [2.24, 2.45) is 5.41 Å². The first-order valence-electron chi connectivity index (χ1n) is 7.80. The maximum absolute atomic E-state index is 11.9. The number of rotatable bonds is 7. The van der Waals surface area contributed by atoms with Crippen molar-refractivity contribution in [3.8, 4) is 0 Å². The van der Waals surface area contributed by atoms with Crippen LogP contribution in [0, 0.1) is 5.41 Å². The molecule has 2 unspecified atom stereocenters. The fourth-order valence-corrected chi connectivity index (χ4v) is 7.03. The minimum Gasteiger partial charge on any atom is -0.369 e. The summed E-state index contributed by atoms with van der Waals surface area (Å²) >= 11 is 9.40. The van der Waals surface area contributed by atoms with Gasteiger partial charge in [0, 0.05) is 12.0 Å². The molecule has 130 valence electrons. The highest BCUT2D eigenvalue weighted by Gasteiger charge is 2.39. The Morgan fingerprint density at radius 2 is 2.18 bits per heavy atom. The second kappa shape index (κ2) is 9.97. The summed E-state index contributed by atoms with van der Waals surface area (Å²) in [6.07, 6.45) is 2.95. The van der Waals surface area contributed by atoms with Crippen LogP contribution < -0.4 is 5.32 Å². The zero-order chi connectivity index (χ0) is 16.6. The normalized spacial score (nSPS) is 26.5. The second-order valence-corrected chi connectivity index (χ2v) is 11.1. The van der Waals surface area contributed by atoms with Crippen LogP contribution in [0.25, 0.3) is 0 Å². The molecule has 0 aromatic carbocycles. The molecule has 3 nitrogen and oxygen atoms in total. The number of hydrogen-bond donors (Lipinski definition) is 3. The number of thioether (sulfide) groups is 3. The van der Waals surface area contributed by atoms with E-state index in [1.165, 1.54) is 0 Å². The van der Waals surface area contributed by atoms with Crippen molar-refractivity contribution in [1.29, 1.82) is 0 Å². The third-order valence-electron chi connectivity index (χ3n) is 3.31. The summed E-state index contributed by atoms with van der Waals surface area (Å²) in [7, 11) is 0. The molecule has 2 atom stereocenters. The van der Waals surface area contributed by atoms with Crippen LogP contribution in [0.1, 0.15) is 40.0 Å². The highest BCUT2D eigenvalue weighted by molar-refractivity contribution is 8.19. The van der Waals surface area contributed by atoms with Crippen molar-refractivity contribution in [3.05, 3.63) is 0 Å². The maximum Gasteiger partial charge on any atom is 0.225 e. The average Bonchev–Trinajstić information content (AvgIpc) is 2.61. The Kier molecular flexibility index (Phi) is 9.46. The largest absolute Gasteiger partial charge is 0.369 e. The molecule has 1 heterocycles. The molecular weight excluding hydrogens is 354 g/mol. The zero-order valence-corrected chi connectivity index (χ0v) is 17.1. The van der Waals surface area contributed by atoms with Crippen LogP contribution in [0.5, 0.6) is 0 Å². The van der Waals surface area contributed by atoms with E-state index in [1.807, 2.05) is 32.5 Å². The summed E-state index contributed by atoms with van der Waals surface area (Å²) in [5.41, 5.74) is -0.358. The highest BCUT2D eigenvalue weighted by Crippen LogP contribution is 2.47. The van der Waals surface area contributed by atoms with Crippen molar-refractivity contribution < 1.29 is 9.90 Å². The molecule has 0 radical (unpaired) electrons. The van der Waals surface area contributed by atoms with Gasteiger partial charge in [0.2, 0.25) is 5.91 Å². The first-order chi connectivity index (χ1) is 10.3. The van der Waals surface area contributed by atoms with Crippen LogP contribution in [0.4, 0.5) is 0 Å². The van der Waals surface area contributed by atoms with Gasteiger partial charge in [0.15, 0.2) is 4.27 Å². The molecule has 1 aliphatic heterocycles. The third kappa shape index (κ3) is 7.16. The van der Waals surface area contributed by atoms with Gasteiger partial charge in [0.1, 0.15) is 0 Å². The molecule has 1 fully saturated rings. The van der Waals surface area contributed by atoms with Gasteiger partial charge >= 0.3 is 0 Å². The maximum atomic E-state index is 11.9. The summed E-state index contributed by atoms with van der Waals surface area (Å²) in [5, 5.41) is 14.2. The molecule has 22 heavy (non-hydrogen) atoms. The Morgan fingerprint density at radius 3 is 2.82 bits per heavy atom. The first-order valence-corrected chi connectivity index (χ1v) is 11.5. The van der Waals surface area contributed by atoms with Gasteiger partial charge in [-0.2, -0.15) is 24.4 Å². The van der Waals surface area contributed by atoms with Gasteiger partial charge in [0.05, 0.1) is 5.25 Å². The number of carbonyl (C=O) groups is 1. The number of nitrogens with one attached hydrogen (secondary N) is 1. The van der Waals surface area contributed by atoms with Gasteiger partial charge in [-0.3, -0.25) is 4.79 Å². The molecule has 1 saturated heterocycles. The van der Waals surface area contributed by atoms with E-state index in [-0.39, 0.29) is 16.6 Å². The fourth-order valence-electron chi connectivity index (χ4n) is 1.97. The van der Waals surface area contributed by atoms with E-state index in [0.29, 0.717) is 6.54 Å². The van der Waals surface area contributed by atoms with E-state index in [2.05, 4.69) is 17.9 Å². The lowest BCUT2D eigenvalue weighted by Gasteiger charge is -2.33. The van der Waals surface area contributed by atoms with Crippen molar-refractivity contribution in [3.63, 3.8) is 0 Å². The predicted molar refractivity (Wildman–Crippen MR) is 106 cm³/mol. The van der Waals surface area contributed by atoms with Crippen molar-refractivity contribution >= 4 is 53.8 Å².